The van der Waals surface area contributed by atoms with Gasteiger partial charge in [-0.2, -0.15) is 13.2 Å². The van der Waals surface area contributed by atoms with Gasteiger partial charge in [0.15, 0.2) is 11.6 Å². The number of likely N-dealkylation sites (N-methyl/N-ethyl adjacent to an activating group) is 1. The number of halogens is 6. The highest BCUT2D eigenvalue weighted by molar-refractivity contribution is 6.33. The molecule has 4 nitrogen and oxygen atoms in total. The molecule has 28 heavy (non-hydrogen) atoms. The summed E-state index contributed by atoms with van der Waals surface area (Å²) in [6.07, 6.45) is -4.68. The first kappa shape index (κ1) is 21.6. The highest BCUT2D eigenvalue weighted by Gasteiger charge is 2.33. The molecular weight excluding hydrogens is 407 g/mol. The highest BCUT2D eigenvalue weighted by Crippen LogP contribution is 2.34. The van der Waals surface area contributed by atoms with Crippen LogP contribution in [0.3, 0.4) is 0 Å². The average Bonchev–Trinajstić information content (AvgIpc) is 2.61. The van der Waals surface area contributed by atoms with Gasteiger partial charge in [-0.15, -0.1) is 0 Å². The van der Waals surface area contributed by atoms with Gasteiger partial charge in [0.2, 0.25) is 5.91 Å². The van der Waals surface area contributed by atoms with Crippen molar-refractivity contribution in [2.45, 2.75) is 13.1 Å². The third kappa shape index (κ3) is 4.98. The molecule has 2 aromatic carbocycles. The van der Waals surface area contributed by atoms with E-state index in [4.69, 9.17) is 11.6 Å². The maximum absolute atomic E-state index is 13.4. The summed E-state index contributed by atoms with van der Waals surface area (Å²) in [5.41, 5.74) is -1.87. The number of carbonyl (C=O) groups excluding carboxylic acids is 2. The zero-order valence-corrected chi connectivity index (χ0v) is 15.2. The Bertz CT molecular complexity index is 902. The molecule has 0 aromatic heterocycles. The lowest BCUT2D eigenvalue weighted by Crippen LogP contribution is -2.38. The van der Waals surface area contributed by atoms with E-state index in [1.54, 1.807) is 0 Å². The van der Waals surface area contributed by atoms with Gasteiger partial charge in [-0.3, -0.25) is 9.59 Å². The van der Waals surface area contributed by atoms with E-state index < -0.39 is 47.4 Å². The Hall–Kier alpha value is -2.68. The van der Waals surface area contributed by atoms with Gasteiger partial charge < -0.3 is 10.2 Å². The van der Waals surface area contributed by atoms with Crippen molar-refractivity contribution < 1.29 is 31.5 Å². The van der Waals surface area contributed by atoms with Crippen molar-refractivity contribution in [2.75, 3.05) is 18.4 Å². The normalized spacial score (nSPS) is 11.2. The zero-order chi connectivity index (χ0) is 21.1. The number of nitrogens with zero attached hydrogens (tertiary/aromatic N) is 1. The molecule has 0 aliphatic carbocycles. The lowest BCUT2D eigenvalue weighted by atomic mass is 10.1. The Balaban J connectivity index is 2.19. The van der Waals surface area contributed by atoms with E-state index in [0.717, 1.165) is 17.0 Å². The summed E-state index contributed by atoms with van der Waals surface area (Å²) in [7, 11) is 0. The number of hydrogen-bond acceptors (Lipinski definition) is 2. The fourth-order valence-electron chi connectivity index (χ4n) is 2.39. The van der Waals surface area contributed by atoms with Gasteiger partial charge >= 0.3 is 6.18 Å². The zero-order valence-electron chi connectivity index (χ0n) is 14.4. The molecule has 0 aliphatic heterocycles. The van der Waals surface area contributed by atoms with Crippen molar-refractivity contribution in [2.24, 2.45) is 0 Å². The lowest BCUT2D eigenvalue weighted by Gasteiger charge is -2.21. The van der Waals surface area contributed by atoms with Crippen LogP contribution in [-0.4, -0.2) is 29.8 Å². The summed E-state index contributed by atoms with van der Waals surface area (Å²) < 4.78 is 65.5. The van der Waals surface area contributed by atoms with E-state index in [1.165, 1.54) is 19.1 Å². The summed E-state index contributed by atoms with van der Waals surface area (Å²) in [5, 5.41) is 1.75. The number of amides is 2. The molecule has 0 atom stereocenters. The van der Waals surface area contributed by atoms with Crippen LogP contribution >= 0.6 is 11.6 Å². The molecule has 1 N–H and O–H groups in total. The molecule has 2 aromatic rings. The van der Waals surface area contributed by atoms with Crippen LogP contribution in [0, 0.1) is 11.6 Å². The first-order chi connectivity index (χ1) is 13.0. The van der Waals surface area contributed by atoms with Crippen LogP contribution in [0.1, 0.15) is 22.8 Å². The lowest BCUT2D eigenvalue weighted by molar-refractivity contribution is -0.137. The van der Waals surface area contributed by atoms with E-state index >= 15 is 0 Å². The van der Waals surface area contributed by atoms with Gasteiger partial charge in [-0.1, -0.05) is 23.7 Å². The van der Waals surface area contributed by atoms with Crippen LogP contribution in [0.5, 0.6) is 0 Å². The molecular formula is C18H14ClF5N2O2. The third-order valence-corrected chi connectivity index (χ3v) is 4.06. The highest BCUT2D eigenvalue weighted by atomic mass is 35.5. The second kappa shape index (κ2) is 8.55. The first-order valence-electron chi connectivity index (χ1n) is 7.94. The second-order valence-electron chi connectivity index (χ2n) is 5.66. The van der Waals surface area contributed by atoms with E-state index in [0.29, 0.717) is 12.1 Å². The van der Waals surface area contributed by atoms with E-state index in [1.807, 2.05) is 0 Å². The first-order valence-corrected chi connectivity index (χ1v) is 8.32. The second-order valence-corrected chi connectivity index (χ2v) is 6.06. The molecule has 150 valence electrons. The van der Waals surface area contributed by atoms with Crippen LogP contribution in [0.25, 0.3) is 0 Å². The van der Waals surface area contributed by atoms with Gasteiger partial charge in [0.1, 0.15) is 6.54 Å². The molecule has 0 fully saturated rings. The molecule has 10 heteroatoms. The van der Waals surface area contributed by atoms with Gasteiger partial charge in [0, 0.05) is 6.54 Å². The fraction of sp³-hybridized carbons (Fsp3) is 0.222. The summed E-state index contributed by atoms with van der Waals surface area (Å²) in [4.78, 5) is 25.6. The fourth-order valence-corrected chi connectivity index (χ4v) is 2.62. The number of carbonyl (C=O) groups is 2. The van der Waals surface area contributed by atoms with Crippen molar-refractivity contribution in [3.63, 3.8) is 0 Å². The molecule has 0 saturated carbocycles. The Kier molecular flexibility index (Phi) is 6.60. The van der Waals surface area contributed by atoms with Crippen LogP contribution in [-0.2, 0) is 11.0 Å². The number of benzene rings is 2. The van der Waals surface area contributed by atoms with Crippen molar-refractivity contribution in [1.82, 2.24) is 4.90 Å². The third-order valence-electron chi connectivity index (χ3n) is 3.75. The average molecular weight is 421 g/mol. The Morgan fingerprint density at radius 1 is 1.11 bits per heavy atom. The molecule has 0 spiro atoms. The van der Waals surface area contributed by atoms with Crippen LogP contribution in [0.2, 0.25) is 5.02 Å². The molecule has 0 bridgehead atoms. The number of hydrogen-bond donors (Lipinski definition) is 1. The minimum atomic E-state index is -4.68. The van der Waals surface area contributed by atoms with Gasteiger partial charge in [0.05, 0.1) is 21.8 Å². The molecule has 2 amide bonds. The summed E-state index contributed by atoms with van der Waals surface area (Å²) in [6, 6.07) is 5.59. The number of anilines is 1. The van der Waals surface area contributed by atoms with Crippen molar-refractivity contribution in [3.05, 3.63) is 64.2 Å². The standard InChI is InChI=1S/C18H14ClF5N2O2/c1-2-26(17(28)10-7-13(20)14(21)8-12(10)19)9-16(27)25-15-6-4-3-5-11(15)18(22,23)24/h3-8H,2,9H2,1H3,(H,25,27). The monoisotopic (exact) mass is 420 g/mol. The molecule has 0 unspecified atom stereocenters. The summed E-state index contributed by atoms with van der Waals surface area (Å²) >= 11 is 5.75. The minimum absolute atomic E-state index is 0.0253. The molecule has 0 radical (unpaired) electrons. The molecule has 0 aliphatic rings. The van der Waals surface area contributed by atoms with Crippen molar-refractivity contribution in [3.8, 4) is 0 Å². The van der Waals surface area contributed by atoms with E-state index in [-0.39, 0.29) is 17.1 Å². The predicted molar refractivity (Wildman–Crippen MR) is 93.0 cm³/mol. The molecule has 0 saturated heterocycles. The Morgan fingerprint density at radius 3 is 2.32 bits per heavy atom. The van der Waals surface area contributed by atoms with Gasteiger partial charge in [0.25, 0.3) is 5.91 Å². The minimum Gasteiger partial charge on any atom is -0.330 e. The van der Waals surface area contributed by atoms with Crippen LogP contribution in [0.15, 0.2) is 36.4 Å². The van der Waals surface area contributed by atoms with Gasteiger partial charge in [-0.25, -0.2) is 8.78 Å². The van der Waals surface area contributed by atoms with Crippen molar-refractivity contribution in [1.29, 1.82) is 0 Å². The number of alkyl halides is 3. The summed E-state index contributed by atoms with van der Waals surface area (Å²) in [6.45, 7) is 0.863. The largest absolute Gasteiger partial charge is 0.418 e. The Morgan fingerprint density at radius 2 is 1.71 bits per heavy atom. The Labute approximate surface area is 161 Å². The van der Waals surface area contributed by atoms with Crippen LogP contribution in [0.4, 0.5) is 27.6 Å². The number of nitrogens with one attached hydrogen (secondary N) is 1. The van der Waals surface area contributed by atoms with Gasteiger partial charge in [-0.05, 0) is 31.2 Å². The molecule has 0 heterocycles. The quantitative estimate of drug-likeness (QED) is 0.561. The van der Waals surface area contributed by atoms with E-state index in [9.17, 15) is 31.5 Å². The smallest absolute Gasteiger partial charge is 0.330 e. The maximum atomic E-state index is 13.4. The summed E-state index contributed by atoms with van der Waals surface area (Å²) in [5.74, 6) is -4.31. The van der Waals surface area contributed by atoms with Crippen molar-refractivity contribution >= 4 is 29.1 Å². The SMILES string of the molecule is CCN(CC(=O)Nc1ccccc1C(F)(F)F)C(=O)c1cc(F)c(F)cc1Cl. The number of para-hydroxylation sites is 1. The van der Waals surface area contributed by atoms with E-state index in [2.05, 4.69) is 5.32 Å². The predicted octanol–water partition coefficient (Wildman–Crippen LogP) is 4.74. The number of rotatable bonds is 5. The maximum Gasteiger partial charge on any atom is 0.418 e. The topological polar surface area (TPSA) is 49.4 Å². The van der Waals surface area contributed by atoms with Crippen LogP contribution < -0.4 is 5.32 Å². The molecule has 2 rings (SSSR count).